The Kier molecular flexibility index (Phi) is 9.65. The molecule has 7 nitrogen and oxygen atoms in total. The quantitative estimate of drug-likeness (QED) is 0.454. The van der Waals surface area contributed by atoms with E-state index >= 15 is 0 Å². The van der Waals surface area contributed by atoms with Crippen LogP contribution in [0.4, 0.5) is 0 Å². The summed E-state index contributed by atoms with van der Waals surface area (Å²) >= 11 is 0. The number of carbonyl (C=O) groups excluding carboxylic acids is 1. The minimum atomic E-state index is 0.296. The number of rotatable bonds is 9. The molecule has 1 aromatic carbocycles. The Morgan fingerprint density at radius 1 is 1.09 bits per heavy atom. The highest BCUT2D eigenvalue weighted by molar-refractivity contribution is 5.79. The van der Waals surface area contributed by atoms with Gasteiger partial charge < -0.3 is 20.3 Å². The molecule has 32 heavy (non-hydrogen) atoms. The van der Waals surface area contributed by atoms with E-state index in [-0.39, 0.29) is 0 Å². The van der Waals surface area contributed by atoms with Crippen LogP contribution in [0.5, 0.6) is 5.75 Å². The molecule has 2 N–H and O–H groups in total. The lowest BCUT2D eigenvalue weighted by molar-refractivity contribution is -0.137. The number of amides is 1. The fraction of sp³-hybridized carbons (Fsp3) is 0.680. The van der Waals surface area contributed by atoms with Crippen LogP contribution >= 0.6 is 0 Å². The third kappa shape index (κ3) is 7.12. The smallest absolute Gasteiger partial charge is 0.225 e. The van der Waals surface area contributed by atoms with Gasteiger partial charge in [-0.25, -0.2) is 0 Å². The number of ether oxygens (including phenoxy) is 1. The van der Waals surface area contributed by atoms with Crippen LogP contribution in [0, 0.1) is 5.92 Å². The van der Waals surface area contributed by atoms with Crippen LogP contribution in [0.3, 0.4) is 0 Å². The molecule has 0 spiro atoms. The average molecular weight is 444 g/mol. The third-order valence-electron chi connectivity index (χ3n) is 6.89. The topological polar surface area (TPSA) is 69.2 Å². The number of piperazine rings is 1. The van der Waals surface area contributed by atoms with E-state index in [1.807, 2.05) is 19.2 Å². The van der Waals surface area contributed by atoms with E-state index in [1.54, 1.807) is 7.11 Å². The first-order valence-corrected chi connectivity index (χ1v) is 12.2. The number of nitrogens with one attached hydrogen (secondary N) is 2. The molecule has 0 radical (unpaired) electrons. The molecule has 178 valence electrons. The number of benzene rings is 1. The highest BCUT2D eigenvalue weighted by Gasteiger charge is 2.29. The Morgan fingerprint density at radius 3 is 2.38 bits per heavy atom. The Labute approximate surface area is 193 Å². The van der Waals surface area contributed by atoms with Gasteiger partial charge in [-0.1, -0.05) is 31.9 Å². The lowest BCUT2D eigenvalue weighted by Gasteiger charge is -2.36. The van der Waals surface area contributed by atoms with Gasteiger partial charge in [-0.3, -0.25) is 14.7 Å². The summed E-state index contributed by atoms with van der Waals surface area (Å²) in [4.78, 5) is 21.5. The van der Waals surface area contributed by atoms with Crippen molar-refractivity contribution in [1.82, 2.24) is 20.4 Å². The summed E-state index contributed by atoms with van der Waals surface area (Å²) in [6.07, 6.45) is 5.65. The number of aliphatic imine (C=N–C) groups is 1. The second-order valence-electron chi connectivity index (χ2n) is 9.04. The summed E-state index contributed by atoms with van der Waals surface area (Å²) in [5.41, 5.74) is 1.32. The SMILES string of the molecule is CN=C(NCCC(C)c1ccc(OC)cc1)NCCN1CCN(C(=O)C2CCCC2)CC1. The summed E-state index contributed by atoms with van der Waals surface area (Å²) in [6.45, 7) is 8.60. The Morgan fingerprint density at radius 2 is 1.75 bits per heavy atom. The molecule has 1 unspecified atom stereocenters. The molecule has 7 heteroatoms. The van der Waals surface area contributed by atoms with Crippen LogP contribution in [0.25, 0.3) is 0 Å². The van der Waals surface area contributed by atoms with Gasteiger partial charge in [0.1, 0.15) is 5.75 Å². The van der Waals surface area contributed by atoms with Crippen molar-refractivity contribution < 1.29 is 9.53 Å². The van der Waals surface area contributed by atoms with Crippen molar-refractivity contribution in [2.24, 2.45) is 10.9 Å². The molecule has 0 aromatic heterocycles. The van der Waals surface area contributed by atoms with Crippen LogP contribution in [0.1, 0.15) is 50.5 Å². The third-order valence-corrected chi connectivity index (χ3v) is 6.89. The standard InChI is InChI=1S/C25H41N5O2/c1-20(21-8-10-23(32-3)11-9-21)12-13-27-25(26-2)28-14-15-29-16-18-30(19-17-29)24(31)22-6-4-5-7-22/h8-11,20,22H,4-7,12-19H2,1-3H3,(H2,26,27,28). The second kappa shape index (κ2) is 12.7. The highest BCUT2D eigenvalue weighted by Crippen LogP contribution is 2.27. The number of nitrogens with zero attached hydrogens (tertiary/aromatic N) is 3. The van der Waals surface area contributed by atoms with Crippen LogP contribution in [-0.4, -0.2) is 81.6 Å². The van der Waals surface area contributed by atoms with Gasteiger partial charge in [0, 0.05) is 58.8 Å². The molecule has 1 amide bonds. The molecule has 1 saturated carbocycles. The number of guanidine groups is 1. The molecular formula is C25H41N5O2. The summed E-state index contributed by atoms with van der Waals surface area (Å²) in [7, 11) is 3.51. The van der Waals surface area contributed by atoms with E-state index in [2.05, 4.69) is 44.5 Å². The first-order valence-electron chi connectivity index (χ1n) is 12.2. The molecule has 3 rings (SSSR count). The maximum absolute atomic E-state index is 12.6. The molecule has 1 heterocycles. The molecule has 2 aliphatic rings. The average Bonchev–Trinajstić information content (AvgIpc) is 3.38. The van der Waals surface area contributed by atoms with Gasteiger partial charge in [-0.2, -0.15) is 0 Å². The van der Waals surface area contributed by atoms with Gasteiger partial charge in [0.25, 0.3) is 0 Å². The molecular weight excluding hydrogens is 402 g/mol. The van der Waals surface area contributed by atoms with Crippen molar-refractivity contribution >= 4 is 11.9 Å². The van der Waals surface area contributed by atoms with Crippen molar-refractivity contribution in [3.63, 3.8) is 0 Å². The first kappa shape index (κ1) is 24.4. The summed E-state index contributed by atoms with van der Waals surface area (Å²) in [6, 6.07) is 8.31. The zero-order valence-electron chi connectivity index (χ0n) is 20.1. The number of hydrogen-bond acceptors (Lipinski definition) is 4. The van der Waals surface area contributed by atoms with Gasteiger partial charge >= 0.3 is 0 Å². The van der Waals surface area contributed by atoms with Crippen LogP contribution in [0.15, 0.2) is 29.3 Å². The van der Waals surface area contributed by atoms with E-state index in [4.69, 9.17) is 4.74 Å². The molecule has 1 aromatic rings. The van der Waals surface area contributed by atoms with Gasteiger partial charge in [-0.05, 0) is 42.9 Å². The fourth-order valence-electron chi connectivity index (χ4n) is 4.68. The van der Waals surface area contributed by atoms with Crippen LogP contribution < -0.4 is 15.4 Å². The largest absolute Gasteiger partial charge is 0.497 e. The van der Waals surface area contributed by atoms with E-state index in [9.17, 15) is 4.79 Å². The normalized spacial score (nSPS) is 19.1. The van der Waals surface area contributed by atoms with Crippen LogP contribution in [-0.2, 0) is 4.79 Å². The van der Waals surface area contributed by atoms with Gasteiger partial charge in [-0.15, -0.1) is 0 Å². The predicted octanol–water partition coefficient (Wildman–Crippen LogP) is 2.69. The minimum Gasteiger partial charge on any atom is -0.497 e. The van der Waals surface area contributed by atoms with Crippen LogP contribution in [0.2, 0.25) is 0 Å². The minimum absolute atomic E-state index is 0.296. The molecule has 0 bridgehead atoms. The van der Waals surface area contributed by atoms with Gasteiger partial charge in [0.2, 0.25) is 5.91 Å². The monoisotopic (exact) mass is 443 g/mol. The lowest BCUT2D eigenvalue weighted by Crippen LogP contribution is -2.51. The van der Waals surface area contributed by atoms with Gasteiger partial charge in [0.05, 0.1) is 7.11 Å². The number of carbonyl (C=O) groups is 1. The van der Waals surface area contributed by atoms with E-state index in [1.165, 1.54) is 18.4 Å². The molecule has 1 saturated heterocycles. The first-order chi connectivity index (χ1) is 15.6. The van der Waals surface area contributed by atoms with Gasteiger partial charge in [0.15, 0.2) is 5.96 Å². The Hall–Kier alpha value is -2.28. The molecule has 2 fully saturated rings. The Bertz CT molecular complexity index is 722. The van der Waals surface area contributed by atoms with Crippen molar-refractivity contribution in [3.8, 4) is 5.75 Å². The van der Waals surface area contributed by atoms with Crippen molar-refractivity contribution in [3.05, 3.63) is 29.8 Å². The van der Waals surface area contributed by atoms with Crippen molar-refractivity contribution in [2.75, 3.05) is 60.0 Å². The lowest BCUT2D eigenvalue weighted by atomic mass is 9.98. The Balaban J connectivity index is 1.29. The second-order valence-corrected chi connectivity index (χ2v) is 9.04. The van der Waals surface area contributed by atoms with Crippen molar-refractivity contribution in [2.45, 2.75) is 44.9 Å². The number of hydrogen-bond donors (Lipinski definition) is 2. The summed E-state index contributed by atoms with van der Waals surface area (Å²) in [5.74, 6) is 2.90. The highest BCUT2D eigenvalue weighted by atomic mass is 16.5. The van der Waals surface area contributed by atoms with Crippen molar-refractivity contribution in [1.29, 1.82) is 0 Å². The fourth-order valence-corrected chi connectivity index (χ4v) is 4.68. The zero-order valence-corrected chi connectivity index (χ0v) is 20.1. The summed E-state index contributed by atoms with van der Waals surface area (Å²) in [5, 5.41) is 6.85. The predicted molar refractivity (Wildman–Crippen MR) is 130 cm³/mol. The zero-order chi connectivity index (χ0) is 22.8. The molecule has 1 atom stereocenters. The maximum atomic E-state index is 12.6. The number of methoxy groups -OCH3 is 1. The molecule has 1 aliphatic heterocycles. The van der Waals surface area contributed by atoms with E-state index in [0.29, 0.717) is 17.7 Å². The van der Waals surface area contributed by atoms with E-state index in [0.717, 1.165) is 76.8 Å². The van der Waals surface area contributed by atoms with E-state index < -0.39 is 0 Å². The maximum Gasteiger partial charge on any atom is 0.225 e. The molecule has 1 aliphatic carbocycles. The summed E-state index contributed by atoms with van der Waals surface area (Å²) < 4.78 is 5.24.